The minimum atomic E-state index is -0.631. The monoisotopic (exact) mass is 380 g/mol. The van der Waals surface area contributed by atoms with Crippen LogP contribution in [0.5, 0.6) is 0 Å². The van der Waals surface area contributed by atoms with Crippen LogP contribution in [0.25, 0.3) is 0 Å². The van der Waals surface area contributed by atoms with Gasteiger partial charge in [-0.1, -0.05) is 11.6 Å². The number of esters is 2. The van der Waals surface area contributed by atoms with Crippen molar-refractivity contribution < 1.29 is 23.8 Å². The normalized spacial score (nSPS) is 17.5. The Balaban J connectivity index is 1.99. The van der Waals surface area contributed by atoms with Gasteiger partial charge in [-0.25, -0.2) is 9.59 Å². The molecule has 0 bridgehead atoms. The Morgan fingerprint density at radius 3 is 2.42 bits per heavy atom. The van der Waals surface area contributed by atoms with Crippen LogP contribution in [0, 0.1) is 0 Å². The van der Waals surface area contributed by atoms with Gasteiger partial charge in [-0.15, -0.1) is 0 Å². The molecule has 2 aliphatic heterocycles. The number of anilines is 2. The maximum Gasteiger partial charge on any atom is 0.355 e. The van der Waals surface area contributed by atoms with E-state index in [1.165, 1.54) is 14.2 Å². The van der Waals surface area contributed by atoms with Gasteiger partial charge in [0.2, 0.25) is 0 Å². The number of halogens is 1. The molecule has 0 radical (unpaired) electrons. The summed E-state index contributed by atoms with van der Waals surface area (Å²) in [5.41, 5.74) is 1.82. The van der Waals surface area contributed by atoms with Crippen LogP contribution in [0.1, 0.15) is 12.8 Å². The molecular weight excluding hydrogens is 360 g/mol. The molecule has 2 aliphatic rings. The molecule has 0 aromatic heterocycles. The lowest BCUT2D eigenvalue weighted by atomic mass is 10.1. The van der Waals surface area contributed by atoms with Crippen molar-refractivity contribution in [3.63, 3.8) is 0 Å². The van der Waals surface area contributed by atoms with Crippen LogP contribution in [0.4, 0.5) is 11.4 Å². The third-order valence-corrected chi connectivity index (χ3v) is 4.83. The molecule has 0 aliphatic carbocycles. The smallest absolute Gasteiger partial charge is 0.355 e. The van der Waals surface area contributed by atoms with Crippen molar-refractivity contribution in [2.45, 2.75) is 12.8 Å². The van der Waals surface area contributed by atoms with Crippen molar-refractivity contribution >= 4 is 34.9 Å². The Bertz CT molecular complexity index is 743. The second-order valence-corrected chi connectivity index (χ2v) is 6.45. The van der Waals surface area contributed by atoms with Gasteiger partial charge in [0, 0.05) is 18.8 Å². The number of carbonyl (C=O) groups excluding carboxylic acids is 2. The first-order valence-electron chi connectivity index (χ1n) is 8.36. The van der Waals surface area contributed by atoms with Gasteiger partial charge < -0.3 is 24.0 Å². The third-order valence-electron chi connectivity index (χ3n) is 4.52. The summed E-state index contributed by atoms with van der Waals surface area (Å²) in [6.07, 6.45) is 2.30. The molecule has 0 spiro atoms. The number of nitrogens with zero attached hydrogens (tertiary/aromatic N) is 2. The third kappa shape index (κ3) is 3.50. The molecule has 0 saturated carbocycles. The number of carbonyl (C=O) groups is 2. The Hall–Kier alpha value is -2.25. The lowest BCUT2D eigenvalue weighted by Crippen LogP contribution is -2.38. The summed E-state index contributed by atoms with van der Waals surface area (Å²) in [5, 5.41) is 0.582. The fourth-order valence-corrected chi connectivity index (χ4v) is 3.52. The molecule has 0 N–H and O–H groups in total. The Morgan fingerprint density at radius 2 is 1.81 bits per heavy atom. The van der Waals surface area contributed by atoms with E-state index in [1.807, 2.05) is 12.1 Å². The fourth-order valence-electron chi connectivity index (χ4n) is 3.23. The van der Waals surface area contributed by atoms with Crippen molar-refractivity contribution in [1.82, 2.24) is 0 Å². The molecule has 3 rings (SSSR count). The van der Waals surface area contributed by atoms with E-state index in [-0.39, 0.29) is 24.6 Å². The highest BCUT2D eigenvalue weighted by molar-refractivity contribution is 6.33. The van der Waals surface area contributed by atoms with Crippen molar-refractivity contribution in [1.29, 1.82) is 0 Å². The molecule has 1 saturated heterocycles. The molecular formula is C18H21ClN2O5. The molecule has 26 heavy (non-hydrogen) atoms. The van der Waals surface area contributed by atoms with Crippen molar-refractivity contribution in [3.05, 3.63) is 34.5 Å². The molecule has 0 atom stereocenters. The largest absolute Gasteiger partial charge is 0.466 e. The predicted octanol–water partition coefficient (Wildman–Crippen LogP) is 2.33. The van der Waals surface area contributed by atoms with Gasteiger partial charge in [0.1, 0.15) is 12.4 Å². The summed E-state index contributed by atoms with van der Waals surface area (Å²) < 4.78 is 15.1. The van der Waals surface area contributed by atoms with E-state index in [4.69, 9.17) is 25.8 Å². The molecule has 1 fully saturated rings. The zero-order chi connectivity index (χ0) is 18.7. The maximum atomic E-state index is 12.3. The van der Waals surface area contributed by atoms with Gasteiger partial charge in [0.05, 0.1) is 37.1 Å². The summed E-state index contributed by atoms with van der Waals surface area (Å²) in [5.74, 6) is -1.26. The highest BCUT2D eigenvalue weighted by Crippen LogP contribution is 2.35. The number of benzene rings is 1. The Kier molecular flexibility index (Phi) is 5.68. The first-order chi connectivity index (χ1) is 12.6. The van der Waals surface area contributed by atoms with Gasteiger partial charge in [-0.3, -0.25) is 0 Å². The van der Waals surface area contributed by atoms with Crippen LogP contribution in [-0.2, 0) is 23.8 Å². The van der Waals surface area contributed by atoms with E-state index in [0.717, 1.165) is 31.6 Å². The summed E-state index contributed by atoms with van der Waals surface area (Å²) >= 11 is 6.48. The second-order valence-electron chi connectivity index (χ2n) is 6.05. The first-order valence-corrected chi connectivity index (χ1v) is 8.74. The fraction of sp³-hybridized carbons (Fsp3) is 0.444. The molecule has 140 valence electrons. The van der Waals surface area contributed by atoms with E-state index in [2.05, 4.69) is 4.90 Å². The minimum absolute atomic E-state index is 0.0206. The number of ether oxygens (including phenoxy) is 3. The average molecular weight is 381 g/mol. The highest BCUT2D eigenvalue weighted by atomic mass is 35.5. The maximum absolute atomic E-state index is 12.3. The molecule has 0 unspecified atom stereocenters. The zero-order valence-electron chi connectivity index (χ0n) is 14.8. The standard InChI is InChI=1S/C18H21ClN2O5/c1-24-17(22)13-10-26-11-21(16(13)18(23)25-2)12-5-6-15(14(19)9-12)20-7-3-4-8-20/h5-6,9H,3-4,7-8,10-11H2,1-2H3. The first kappa shape index (κ1) is 18.5. The van der Waals surface area contributed by atoms with Crippen molar-refractivity contribution in [3.8, 4) is 0 Å². The van der Waals surface area contributed by atoms with Crippen molar-refractivity contribution in [2.24, 2.45) is 0 Å². The zero-order valence-corrected chi connectivity index (χ0v) is 15.5. The number of hydrogen-bond donors (Lipinski definition) is 0. The molecule has 0 amide bonds. The molecule has 8 heteroatoms. The van der Waals surface area contributed by atoms with Gasteiger partial charge in [-0.05, 0) is 31.0 Å². The van der Waals surface area contributed by atoms with Crippen LogP contribution >= 0.6 is 11.6 Å². The van der Waals surface area contributed by atoms with Gasteiger partial charge in [0.25, 0.3) is 0 Å². The molecule has 1 aromatic rings. The summed E-state index contributed by atoms with van der Waals surface area (Å²) in [6.45, 7) is 2.04. The van der Waals surface area contributed by atoms with Gasteiger partial charge in [0.15, 0.2) is 0 Å². The van der Waals surface area contributed by atoms with Crippen LogP contribution in [0.3, 0.4) is 0 Å². The van der Waals surface area contributed by atoms with E-state index >= 15 is 0 Å². The van der Waals surface area contributed by atoms with Crippen molar-refractivity contribution in [2.75, 3.05) is 50.4 Å². The Labute approximate surface area is 157 Å². The quantitative estimate of drug-likeness (QED) is 0.742. The SMILES string of the molecule is COC(=O)C1=C(C(=O)OC)N(c2ccc(N3CCCC3)c(Cl)c2)COC1. The number of methoxy groups -OCH3 is 2. The lowest BCUT2D eigenvalue weighted by Gasteiger charge is -2.32. The van der Waals surface area contributed by atoms with E-state index < -0.39 is 11.9 Å². The molecule has 1 aromatic carbocycles. The second kappa shape index (κ2) is 7.97. The van der Waals surface area contributed by atoms with Crippen LogP contribution in [0.2, 0.25) is 5.02 Å². The van der Waals surface area contributed by atoms with Gasteiger partial charge in [-0.2, -0.15) is 0 Å². The van der Waals surface area contributed by atoms with E-state index in [1.54, 1.807) is 11.0 Å². The number of hydrogen-bond acceptors (Lipinski definition) is 7. The summed E-state index contributed by atoms with van der Waals surface area (Å²) in [4.78, 5) is 28.2. The topological polar surface area (TPSA) is 68.3 Å². The Morgan fingerprint density at radius 1 is 1.12 bits per heavy atom. The molecule has 7 nitrogen and oxygen atoms in total. The van der Waals surface area contributed by atoms with E-state index in [9.17, 15) is 9.59 Å². The van der Waals surface area contributed by atoms with E-state index in [0.29, 0.717) is 10.7 Å². The minimum Gasteiger partial charge on any atom is -0.466 e. The average Bonchev–Trinajstić information content (AvgIpc) is 3.20. The predicted molar refractivity (Wildman–Crippen MR) is 97.3 cm³/mol. The van der Waals surface area contributed by atoms with Crippen LogP contribution < -0.4 is 9.80 Å². The van der Waals surface area contributed by atoms with Crippen LogP contribution in [-0.4, -0.2) is 52.6 Å². The summed E-state index contributed by atoms with van der Waals surface area (Å²) in [6, 6.07) is 5.54. The van der Waals surface area contributed by atoms with Crippen LogP contribution in [0.15, 0.2) is 29.5 Å². The number of rotatable bonds is 4. The molecule has 2 heterocycles. The summed E-state index contributed by atoms with van der Waals surface area (Å²) in [7, 11) is 2.52. The van der Waals surface area contributed by atoms with Gasteiger partial charge >= 0.3 is 11.9 Å². The lowest BCUT2D eigenvalue weighted by molar-refractivity contribution is -0.140. The highest BCUT2D eigenvalue weighted by Gasteiger charge is 2.32.